The number of rotatable bonds is 7. The molecule has 6 rings (SSSR count). The molecule has 0 atom stereocenters. The summed E-state index contributed by atoms with van der Waals surface area (Å²) in [6, 6.07) is 8.97. The molecular weight excluding hydrogens is 514 g/mol. The predicted molar refractivity (Wildman–Crippen MR) is 140 cm³/mol. The van der Waals surface area contributed by atoms with Crippen molar-refractivity contribution < 1.29 is 22.3 Å². The lowest BCUT2D eigenvalue weighted by atomic mass is 9.85. The van der Waals surface area contributed by atoms with Crippen molar-refractivity contribution in [1.82, 2.24) is 24.4 Å². The van der Waals surface area contributed by atoms with Crippen LogP contribution in [0.25, 0.3) is 16.9 Å². The minimum atomic E-state index is -2.78. The number of nitrogens with zero attached hydrogens (tertiary/aromatic N) is 6. The second-order valence-electron chi connectivity index (χ2n) is 10.7. The SMILES string of the molecule is FC(F)c1nc2ccccc2n1-c1cc(N2CCOCC2)nc(NC[C@H]2CC[C@@H](N3CCC(F)(F)C3)CC2)n1. The van der Waals surface area contributed by atoms with Gasteiger partial charge in [0.25, 0.3) is 12.3 Å². The van der Waals surface area contributed by atoms with Gasteiger partial charge in [0.2, 0.25) is 5.95 Å². The van der Waals surface area contributed by atoms with Gasteiger partial charge in [-0.3, -0.25) is 9.47 Å². The Morgan fingerprint density at radius 2 is 1.72 bits per heavy atom. The molecule has 39 heavy (non-hydrogen) atoms. The van der Waals surface area contributed by atoms with Crippen molar-refractivity contribution in [2.45, 2.75) is 50.5 Å². The third-order valence-electron chi connectivity index (χ3n) is 8.13. The van der Waals surface area contributed by atoms with Gasteiger partial charge in [0.15, 0.2) is 5.82 Å². The number of benzene rings is 1. The number of hydrogen-bond donors (Lipinski definition) is 1. The zero-order valence-electron chi connectivity index (χ0n) is 21.7. The lowest BCUT2D eigenvalue weighted by Crippen LogP contribution is -2.39. The van der Waals surface area contributed by atoms with E-state index >= 15 is 0 Å². The third kappa shape index (κ3) is 5.67. The molecule has 3 fully saturated rings. The standard InChI is InChI=1S/C27H33F4N7O/c28-24(29)25-33-20-3-1-2-4-21(20)38(25)23-15-22(36-11-13-39-14-12-36)34-26(35-23)32-16-18-5-7-19(8-6-18)37-10-9-27(30,31)17-37/h1-4,15,18-19,24H,5-14,16-17H2,(H,32,34,35)/t18-,19+. The fraction of sp³-hybridized carbons (Fsp3) is 0.593. The number of para-hydroxylation sites is 2. The molecule has 0 unspecified atom stereocenters. The summed E-state index contributed by atoms with van der Waals surface area (Å²) in [4.78, 5) is 17.6. The average molecular weight is 548 g/mol. The van der Waals surface area contributed by atoms with Crippen molar-refractivity contribution in [3.63, 3.8) is 0 Å². The van der Waals surface area contributed by atoms with E-state index in [0.29, 0.717) is 73.9 Å². The van der Waals surface area contributed by atoms with Crippen LogP contribution in [0.2, 0.25) is 0 Å². The zero-order chi connectivity index (χ0) is 27.0. The molecule has 2 aliphatic heterocycles. The van der Waals surface area contributed by atoms with Gasteiger partial charge >= 0.3 is 0 Å². The minimum absolute atomic E-state index is 0.0485. The van der Waals surface area contributed by atoms with Crippen LogP contribution in [0.5, 0.6) is 0 Å². The van der Waals surface area contributed by atoms with E-state index in [0.717, 1.165) is 25.7 Å². The van der Waals surface area contributed by atoms with Gasteiger partial charge in [-0.15, -0.1) is 0 Å². The van der Waals surface area contributed by atoms with Crippen LogP contribution >= 0.6 is 0 Å². The number of anilines is 2. The molecule has 1 aliphatic carbocycles. The monoisotopic (exact) mass is 547 g/mol. The van der Waals surface area contributed by atoms with Crippen molar-refractivity contribution in [3.05, 3.63) is 36.2 Å². The Morgan fingerprint density at radius 1 is 0.974 bits per heavy atom. The van der Waals surface area contributed by atoms with Crippen molar-refractivity contribution in [2.24, 2.45) is 5.92 Å². The summed E-state index contributed by atoms with van der Waals surface area (Å²) in [5.74, 6) is -1.23. The quantitative estimate of drug-likeness (QED) is 0.422. The largest absolute Gasteiger partial charge is 0.378 e. The first-order valence-electron chi connectivity index (χ1n) is 13.7. The van der Waals surface area contributed by atoms with E-state index in [1.165, 1.54) is 4.57 Å². The van der Waals surface area contributed by atoms with Crippen LogP contribution in [0.3, 0.4) is 0 Å². The van der Waals surface area contributed by atoms with Crippen LogP contribution < -0.4 is 10.2 Å². The Bertz CT molecular complexity index is 1290. The highest BCUT2D eigenvalue weighted by molar-refractivity contribution is 5.78. The summed E-state index contributed by atoms with van der Waals surface area (Å²) in [6.07, 6.45) is 0.811. The van der Waals surface area contributed by atoms with Crippen LogP contribution in [0.1, 0.15) is 44.4 Å². The van der Waals surface area contributed by atoms with Crippen LogP contribution in [0.4, 0.5) is 29.3 Å². The van der Waals surface area contributed by atoms with Crippen molar-refractivity contribution >= 4 is 22.8 Å². The molecule has 2 aromatic heterocycles. The van der Waals surface area contributed by atoms with Gasteiger partial charge in [0.05, 0.1) is 30.8 Å². The number of morpholine rings is 1. The van der Waals surface area contributed by atoms with E-state index in [1.54, 1.807) is 30.3 Å². The Balaban J connectivity index is 1.22. The molecule has 1 saturated carbocycles. The molecule has 1 aromatic carbocycles. The summed E-state index contributed by atoms with van der Waals surface area (Å²) in [6.45, 7) is 3.37. The van der Waals surface area contributed by atoms with E-state index in [9.17, 15) is 17.6 Å². The first kappa shape index (κ1) is 26.2. The molecule has 3 aliphatic rings. The molecule has 0 amide bonds. The number of nitrogens with one attached hydrogen (secondary N) is 1. The highest BCUT2D eigenvalue weighted by atomic mass is 19.3. The number of likely N-dealkylation sites (tertiary alicyclic amines) is 1. The molecule has 0 spiro atoms. The molecule has 12 heteroatoms. The predicted octanol–water partition coefficient (Wildman–Crippen LogP) is 4.90. The van der Waals surface area contributed by atoms with Gasteiger partial charge < -0.3 is 15.0 Å². The Kier molecular flexibility index (Phi) is 7.32. The Morgan fingerprint density at radius 3 is 2.44 bits per heavy atom. The zero-order valence-corrected chi connectivity index (χ0v) is 21.7. The minimum Gasteiger partial charge on any atom is -0.378 e. The van der Waals surface area contributed by atoms with Gasteiger partial charge in [-0.25, -0.2) is 22.5 Å². The van der Waals surface area contributed by atoms with Crippen molar-refractivity contribution in [2.75, 3.05) is 56.2 Å². The molecule has 3 aromatic rings. The van der Waals surface area contributed by atoms with E-state index in [2.05, 4.69) is 20.2 Å². The summed E-state index contributed by atoms with van der Waals surface area (Å²) >= 11 is 0. The van der Waals surface area contributed by atoms with Crippen molar-refractivity contribution in [3.8, 4) is 5.82 Å². The van der Waals surface area contributed by atoms with Crippen molar-refractivity contribution in [1.29, 1.82) is 0 Å². The Hall–Kier alpha value is -2.99. The third-order valence-corrected chi connectivity index (χ3v) is 8.13. The van der Waals surface area contributed by atoms with Crippen LogP contribution in [-0.4, -0.2) is 82.3 Å². The number of hydrogen-bond acceptors (Lipinski definition) is 7. The maximum atomic E-state index is 14.1. The number of alkyl halides is 4. The van der Waals surface area contributed by atoms with E-state index in [4.69, 9.17) is 9.72 Å². The summed E-state index contributed by atoms with van der Waals surface area (Å²) in [5, 5.41) is 3.36. The molecular formula is C27H33F4N7O. The number of imidazole rings is 1. The topological polar surface area (TPSA) is 71.3 Å². The first-order chi connectivity index (χ1) is 18.9. The van der Waals surface area contributed by atoms with Gasteiger partial charge in [-0.2, -0.15) is 9.97 Å². The fourth-order valence-corrected chi connectivity index (χ4v) is 6.03. The number of fused-ring (bicyclic) bond motifs is 1. The lowest BCUT2D eigenvalue weighted by Gasteiger charge is -2.34. The van der Waals surface area contributed by atoms with Gasteiger partial charge in [0.1, 0.15) is 11.6 Å². The van der Waals surface area contributed by atoms with Gasteiger partial charge in [-0.1, -0.05) is 12.1 Å². The second-order valence-corrected chi connectivity index (χ2v) is 10.7. The fourth-order valence-electron chi connectivity index (χ4n) is 6.03. The molecule has 210 valence electrons. The average Bonchev–Trinajstić information content (AvgIpc) is 3.53. The normalized spacial score (nSPS) is 24.1. The molecule has 8 nitrogen and oxygen atoms in total. The maximum absolute atomic E-state index is 14.1. The van der Waals surface area contributed by atoms with Crippen LogP contribution in [0.15, 0.2) is 30.3 Å². The highest BCUT2D eigenvalue weighted by Gasteiger charge is 2.41. The first-order valence-corrected chi connectivity index (χ1v) is 13.7. The van der Waals surface area contributed by atoms with E-state index in [-0.39, 0.29) is 24.8 Å². The summed E-state index contributed by atoms with van der Waals surface area (Å²) < 4.78 is 62.4. The maximum Gasteiger partial charge on any atom is 0.296 e. The highest BCUT2D eigenvalue weighted by Crippen LogP contribution is 2.35. The lowest BCUT2D eigenvalue weighted by molar-refractivity contribution is 0.00463. The number of ether oxygens (including phenoxy) is 1. The Labute approximate surface area is 224 Å². The number of aromatic nitrogens is 4. The molecule has 0 bridgehead atoms. The van der Waals surface area contributed by atoms with Gasteiger partial charge in [-0.05, 0) is 43.7 Å². The molecule has 1 N–H and O–H groups in total. The molecule has 0 radical (unpaired) electrons. The van der Waals surface area contributed by atoms with E-state index < -0.39 is 12.3 Å². The second kappa shape index (κ2) is 10.9. The summed E-state index contributed by atoms with van der Waals surface area (Å²) in [7, 11) is 0. The number of halogens is 4. The van der Waals surface area contributed by atoms with E-state index in [1.807, 2.05) is 4.90 Å². The smallest absolute Gasteiger partial charge is 0.296 e. The molecule has 4 heterocycles. The van der Waals surface area contributed by atoms with Gasteiger partial charge in [0, 0.05) is 44.7 Å². The van der Waals surface area contributed by atoms with Crippen LogP contribution in [-0.2, 0) is 4.74 Å². The van der Waals surface area contributed by atoms with Crippen LogP contribution in [0, 0.1) is 5.92 Å². The summed E-state index contributed by atoms with van der Waals surface area (Å²) in [5.41, 5.74) is 1.03. The molecule has 2 saturated heterocycles.